The zero-order valence-corrected chi connectivity index (χ0v) is 14.4. The molecule has 0 aliphatic rings. The fourth-order valence-electron chi connectivity index (χ4n) is 2.10. The van der Waals surface area contributed by atoms with Crippen molar-refractivity contribution >= 4 is 38.7 Å². The Balaban J connectivity index is 1.60. The van der Waals surface area contributed by atoms with Gasteiger partial charge in [-0.3, -0.25) is 9.27 Å². The Morgan fingerprint density at radius 2 is 1.87 bits per heavy atom. The van der Waals surface area contributed by atoms with E-state index in [1.165, 1.54) is 4.88 Å². The van der Waals surface area contributed by atoms with Crippen LogP contribution in [-0.2, 0) is 23.1 Å². The molecule has 2 aromatic heterocycles. The fraction of sp³-hybridized carbons (Fsp3) is 0.133. The summed E-state index contributed by atoms with van der Waals surface area (Å²) in [5, 5.41) is 5.16. The van der Waals surface area contributed by atoms with Crippen molar-refractivity contribution in [1.82, 2.24) is 4.98 Å². The highest BCUT2D eigenvalue weighted by Crippen LogP contribution is 2.28. The second-order valence-corrected chi connectivity index (χ2v) is 7.86. The van der Waals surface area contributed by atoms with Crippen LogP contribution in [0.3, 0.4) is 0 Å². The molecule has 0 bridgehead atoms. The van der Waals surface area contributed by atoms with Gasteiger partial charge in [0, 0.05) is 5.38 Å². The minimum atomic E-state index is -4.22. The minimum Gasteiger partial charge on any atom is -0.269 e. The van der Waals surface area contributed by atoms with Crippen LogP contribution in [0.5, 0.6) is 0 Å². The number of rotatable bonds is 6. The number of nitrogens with zero attached hydrogens (tertiary/aromatic N) is 1. The molecule has 0 fully saturated rings. The van der Waals surface area contributed by atoms with Gasteiger partial charge in [0.1, 0.15) is 5.01 Å². The smallest absolute Gasteiger partial charge is 0.269 e. The van der Waals surface area contributed by atoms with Crippen LogP contribution < -0.4 is 4.72 Å². The maximum Gasteiger partial charge on any atom is 0.357 e. The standard InChI is InChI=1S/C15H14N2O3S3/c18-23(19,20)17-12-6-3-11(4-7-12)5-8-13-10-22-15(16-13)14-2-1-9-21-14/h1-4,6-7,9-10,17H,5,8H2,(H,18,19,20). The summed E-state index contributed by atoms with van der Waals surface area (Å²) in [6, 6.07) is 11.0. The largest absolute Gasteiger partial charge is 0.357 e. The first-order chi connectivity index (χ1) is 11.0. The highest BCUT2D eigenvalue weighted by Gasteiger charge is 2.07. The Morgan fingerprint density at radius 1 is 1.09 bits per heavy atom. The SMILES string of the molecule is O=S(=O)(O)Nc1ccc(CCc2csc(-c3cccs3)n2)cc1. The Labute approximate surface area is 142 Å². The van der Waals surface area contributed by atoms with Crippen LogP contribution in [0.4, 0.5) is 5.69 Å². The summed E-state index contributed by atoms with van der Waals surface area (Å²) >= 11 is 3.33. The number of benzene rings is 1. The zero-order valence-electron chi connectivity index (χ0n) is 12.0. The predicted molar refractivity (Wildman–Crippen MR) is 94.4 cm³/mol. The van der Waals surface area contributed by atoms with E-state index in [1.54, 1.807) is 34.8 Å². The summed E-state index contributed by atoms with van der Waals surface area (Å²) in [6.07, 6.45) is 1.65. The lowest BCUT2D eigenvalue weighted by atomic mass is 10.1. The van der Waals surface area contributed by atoms with E-state index in [0.29, 0.717) is 5.69 Å². The molecule has 8 heteroatoms. The molecule has 1 aromatic carbocycles. The van der Waals surface area contributed by atoms with E-state index in [2.05, 4.69) is 16.4 Å². The van der Waals surface area contributed by atoms with Crippen molar-refractivity contribution in [3.63, 3.8) is 0 Å². The van der Waals surface area contributed by atoms with Gasteiger partial charge >= 0.3 is 10.3 Å². The quantitative estimate of drug-likeness (QED) is 0.649. The number of nitrogens with one attached hydrogen (secondary N) is 1. The van der Waals surface area contributed by atoms with Crippen LogP contribution >= 0.6 is 22.7 Å². The first-order valence-corrected chi connectivity index (χ1v) is 10.0. The molecule has 0 saturated heterocycles. The number of thiophene rings is 1. The van der Waals surface area contributed by atoms with E-state index in [9.17, 15) is 8.42 Å². The predicted octanol–water partition coefficient (Wildman–Crippen LogP) is 3.87. The van der Waals surface area contributed by atoms with Gasteiger partial charge in [-0.05, 0) is 42.0 Å². The van der Waals surface area contributed by atoms with Crippen LogP contribution in [0.1, 0.15) is 11.3 Å². The van der Waals surface area contributed by atoms with Crippen molar-refractivity contribution in [3.8, 4) is 9.88 Å². The van der Waals surface area contributed by atoms with Gasteiger partial charge in [-0.15, -0.1) is 22.7 Å². The van der Waals surface area contributed by atoms with E-state index in [-0.39, 0.29) is 0 Å². The fourth-order valence-corrected chi connectivity index (χ4v) is 4.20. The second kappa shape index (κ2) is 6.79. The van der Waals surface area contributed by atoms with Crippen molar-refractivity contribution in [2.24, 2.45) is 0 Å². The average Bonchev–Trinajstić information content (AvgIpc) is 3.16. The monoisotopic (exact) mass is 366 g/mol. The number of anilines is 1. The van der Waals surface area contributed by atoms with Gasteiger partial charge in [0.15, 0.2) is 0 Å². The molecule has 0 unspecified atom stereocenters. The second-order valence-electron chi connectivity index (χ2n) is 4.90. The molecule has 23 heavy (non-hydrogen) atoms. The van der Waals surface area contributed by atoms with Crippen molar-refractivity contribution < 1.29 is 13.0 Å². The van der Waals surface area contributed by atoms with Crippen LogP contribution in [0.2, 0.25) is 0 Å². The summed E-state index contributed by atoms with van der Waals surface area (Å²) in [5.74, 6) is 0. The molecule has 5 nitrogen and oxygen atoms in total. The van der Waals surface area contributed by atoms with Crippen LogP contribution in [0, 0.1) is 0 Å². The maximum atomic E-state index is 10.7. The molecule has 3 aromatic rings. The first-order valence-electron chi connectivity index (χ1n) is 6.82. The third-order valence-electron chi connectivity index (χ3n) is 3.15. The van der Waals surface area contributed by atoms with Gasteiger partial charge in [-0.2, -0.15) is 8.42 Å². The Kier molecular flexibility index (Phi) is 4.76. The maximum absolute atomic E-state index is 10.7. The summed E-state index contributed by atoms with van der Waals surface area (Å²) < 4.78 is 32.2. The molecule has 2 N–H and O–H groups in total. The van der Waals surface area contributed by atoms with Crippen molar-refractivity contribution in [3.05, 3.63) is 58.4 Å². The zero-order chi connectivity index (χ0) is 16.3. The van der Waals surface area contributed by atoms with Crippen molar-refractivity contribution in [2.75, 3.05) is 4.72 Å². The summed E-state index contributed by atoms with van der Waals surface area (Å²) in [4.78, 5) is 5.82. The van der Waals surface area contributed by atoms with Gasteiger partial charge in [0.25, 0.3) is 0 Å². The van der Waals surface area contributed by atoms with E-state index >= 15 is 0 Å². The minimum absolute atomic E-state index is 0.338. The number of hydrogen-bond acceptors (Lipinski definition) is 5. The van der Waals surface area contributed by atoms with E-state index < -0.39 is 10.3 Å². The van der Waals surface area contributed by atoms with Gasteiger partial charge in [-0.1, -0.05) is 18.2 Å². The Morgan fingerprint density at radius 3 is 2.52 bits per heavy atom. The molecule has 0 atom stereocenters. The van der Waals surface area contributed by atoms with Gasteiger partial charge < -0.3 is 0 Å². The third-order valence-corrected chi connectivity index (χ3v) is 5.58. The van der Waals surface area contributed by atoms with E-state index in [4.69, 9.17) is 4.55 Å². The lowest BCUT2D eigenvalue weighted by Crippen LogP contribution is -2.10. The number of hydrogen-bond donors (Lipinski definition) is 2. The molecule has 0 amide bonds. The van der Waals surface area contributed by atoms with Gasteiger partial charge in [0.2, 0.25) is 0 Å². The number of aromatic nitrogens is 1. The molecule has 0 aliphatic carbocycles. The van der Waals surface area contributed by atoms with Gasteiger partial charge in [-0.25, -0.2) is 4.98 Å². The van der Waals surface area contributed by atoms with Crippen LogP contribution in [-0.4, -0.2) is 18.0 Å². The number of thiazole rings is 1. The molecule has 120 valence electrons. The van der Waals surface area contributed by atoms with Crippen LogP contribution in [0.25, 0.3) is 9.88 Å². The topological polar surface area (TPSA) is 79.3 Å². The normalized spacial score (nSPS) is 11.5. The van der Waals surface area contributed by atoms with Crippen molar-refractivity contribution in [1.29, 1.82) is 0 Å². The molecule has 0 aliphatic heterocycles. The summed E-state index contributed by atoms with van der Waals surface area (Å²) in [5.41, 5.74) is 2.47. The molecule has 2 heterocycles. The first kappa shape index (κ1) is 16.1. The van der Waals surface area contributed by atoms with E-state index in [1.807, 2.05) is 28.3 Å². The molecular formula is C15H14N2O3S3. The Hall–Kier alpha value is -1.74. The highest BCUT2D eigenvalue weighted by atomic mass is 32.2. The lowest BCUT2D eigenvalue weighted by molar-refractivity contribution is 0.489. The highest BCUT2D eigenvalue weighted by molar-refractivity contribution is 7.87. The summed E-state index contributed by atoms with van der Waals surface area (Å²) in [6.45, 7) is 0. The molecular weight excluding hydrogens is 352 g/mol. The van der Waals surface area contributed by atoms with E-state index in [0.717, 1.165) is 29.1 Å². The number of aryl methyl sites for hydroxylation is 2. The molecule has 3 rings (SSSR count). The summed E-state index contributed by atoms with van der Waals surface area (Å²) in [7, 11) is -4.22. The van der Waals surface area contributed by atoms with Crippen molar-refractivity contribution in [2.45, 2.75) is 12.8 Å². The Bertz CT molecular complexity index is 869. The molecule has 0 saturated carbocycles. The van der Waals surface area contributed by atoms with Crippen LogP contribution in [0.15, 0.2) is 47.2 Å². The third kappa shape index (κ3) is 4.61. The lowest BCUT2D eigenvalue weighted by Gasteiger charge is -2.04. The van der Waals surface area contributed by atoms with Gasteiger partial charge in [0.05, 0.1) is 16.3 Å². The molecule has 0 radical (unpaired) electrons. The average molecular weight is 366 g/mol. The molecule has 0 spiro atoms.